The molecule has 0 aromatic heterocycles. The van der Waals surface area contributed by atoms with Crippen molar-refractivity contribution in [2.45, 2.75) is 46.1 Å². The lowest BCUT2D eigenvalue weighted by Gasteiger charge is -2.30. The van der Waals surface area contributed by atoms with E-state index in [1.807, 2.05) is 50.1 Å². The van der Waals surface area contributed by atoms with Crippen LogP contribution >= 0.6 is 0 Å². The second kappa shape index (κ2) is 10.6. The Morgan fingerprint density at radius 2 is 1.81 bits per heavy atom. The van der Waals surface area contributed by atoms with E-state index in [1.165, 1.54) is 12.1 Å². The van der Waals surface area contributed by atoms with Crippen LogP contribution in [0.2, 0.25) is 0 Å². The second-order valence-electron chi connectivity index (χ2n) is 9.20. The predicted octanol–water partition coefficient (Wildman–Crippen LogP) is 4.44. The third kappa shape index (κ3) is 6.55. The molecule has 0 atom stereocenters. The van der Waals surface area contributed by atoms with Gasteiger partial charge >= 0.3 is 0 Å². The van der Waals surface area contributed by atoms with Gasteiger partial charge in [0.05, 0.1) is 5.41 Å². The molecule has 2 aromatic carbocycles. The summed E-state index contributed by atoms with van der Waals surface area (Å²) in [7, 11) is 1.82. The summed E-state index contributed by atoms with van der Waals surface area (Å²) in [6.45, 7) is 5.88. The SMILES string of the molecule is CN1CCCCN(C(=O)CCc2ccc(F)cc2)Cc2cccc(c2)OCC(C)(C)C1=O. The summed E-state index contributed by atoms with van der Waals surface area (Å²) in [6, 6.07) is 14.0. The van der Waals surface area contributed by atoms with Crippen LogP contribution in [-0.2, 0) is 22.6 Å². The molecular weight excluding hydrogens is 407 g/mol. The van der Waals surface area contributed by atoms with Crippen LogP contribution in [0.3, 0.4) is 0 Å². The van der Waals surface area contributed by atoms with Crippen molar-refractivity contribution >= 4 is 11.8 Å². The monoisotopic (exact) mass is 440 g/mol. The topological polar surface area (TPSA) is 49.9 Å². The van der Waals surface area contributed by atoms with E-state index in [-0.39, 0.29) is 17.6 Å². The van der Waals surface area contributed by atoms with E-state index in [0.29, 0.717) is 44.8 Å². The van der Waals surface area contributed by atoms with Gasteiger partial charge in [-0.25, -0.2) is 4.39 Å². The highest BCUT2D eigenvalue weighted by Gasteiger charge is 2.31. The molecule has 6 heteroatoms. The molecule has 2 aromatic rings. The fraction of sp³-hybridized carbons (Fsp3) is 0.462. The Bertz CT molecular complexity index is 927. The predicted molar refractivity (Wildman–Crippen MR) is 123 cm³/mol. The molecule has 3 rings (SSSR count). The number of ether oxygens (including phenoxy) is 1. The van der Waals surface area contributed by atoms with Gasteiger partial charge in [0.15, 0.2) is 0 Å². The lowest BCUT2D eigenvalue weighted by molar-refractivity contribution is -0.140. The zero-order chi connectivity index (χ0) is 23.1. The van der Waals surface area contributed by atoms with Gasteiger partial charge in [-0.05, 0) is 68.5 Å². The number of aryl methyl sites for hydroxylation is 1. The van der Waals surface area contributed by atoms with Crippen molar-refractivity contribution in [2.24, 2.45) is 5.41 Å². The third-order valence-electron chi connectivity index (χ3n) is 5.86. The Labute approximate surface area is 190 Å². The molecule has 172 valence electrons. The molecule has 0 spiro atoms. The molecule has 0 unspecified atom stereocenters. The maximum Gasteiger partial charge on any atom is 0.231 e. The zero-order valence-corrected chi connectivity index (χ0v) is 19.3. The van der Waals surface area contributed by atoms with Crippen LogP contribution in [0, 0.1) is 11.2 Å². The minimum atomic E-state index is -0.614. The van der Waals surface area contributed by atoms with E-state index in [9.17, 15) is 14.0 Å². The van der Waals surface area contributed by atoms with Crippen molar-refractivity contribution in [3.63, 3.8) is 0 Å². The standard InChI is InChI=1S/C26H33FN2O3/c1-26(2)19-32-23-8-6-7-21(17-23)18-29(16-5-4-15-28(3)25(26)31)24(30)14-11-20-9-12-22(27)13-10-20/h6-10,12-13,17H,4-5,11,14-16,18-19H2,1-3H3. The van der Waals surface area contributed by atoms with Gasteiger partial charge in [-0.1, -0.05) is 24.3 Å². The van der Waals surface area contributed by atoms with Crippen LogP contribution in [0.5, 0.6) is 5.75 Å². The summed E-state index contributed by atoms with van der Waals surface area (Å²) >= 11 is 0. The molecule has 0 saturated heterocycles. The van der Waals surface area contributed by atoms with Crippen molar-refractivity contribution in [3.05, 3.63) is 65.5 Å². The van der Waals surface area contributed by atoms with Crippen molar-refractivity contribution in [1.29, 1.82) is 0 Å². The molecule has 2 amide bonds. The lowest BCUT2D eigenvalue weighted by Crippen LogP contribution is -2.42. The van der Waals surface area contributed by atoms with E-state index < -0.39 is 5.41 Å². The molecule has 0 aliphatic carbocycles. The van der Waals surface area contributed by atoms with E-state index in [4.69, 9.17) is 4.74 Å². The van der Waals surface area contributed by atoms with Gasteiger partial charge in [0.1, 0.15) is 18.2 Å². The van der Waals surface area contributed by atoms with E-state index in [2.05, 4.69) is 0 Å². The number of amides is 2. The molecule has 1 heterocycles. The van der Waals surface area contributed by atoms with Gasteiger partial charge < -0.3 is 14.5 Å². The first-order chi connectivity index (χ1) is 15.2. The maximum atomic E-state index is 13.1. The largest absolute Gasteiger partial charge is 0.492 e. The fourth-order valence-electron chi connectivity index (χ4n) is 3.90. The number of carbonyl (C=O) groups excluding carboxylic acids is 2. The molecule has 0 N–H and O–H groups in total. The Hall–Kier alpha value is -2.89. The maximum absolute atomic E-state index is 13.1. The number of rotatable bonds is 3. The van der Waals surface area contributed by atoms with Gasteiger partial charge in [-0.3, -0.25) is 9.59 Å². The van der Waals surface area contributed by atoms with E-state index >= 15 is 0 Å². The highest BCUT2D eigenvalue weighted by atomic mass is 19.1. The van der Waals surface area contributed by atoms with Crippen LogP contribution < -0.4 is 4.74 Å². The summed E-state index contributed by atoms with van der Waals surface area (Å²) in [5, 5.41) is 0. The average Bonchev–Trinajstić information content (AvgIpc) is 2.78. The average molecular weight is 441 g/mol. The lowest BCUT2D eigenvalue weighted by atomic mass is 9.92. The molecule has 32 heavy (non-hydrogen) atoms. The van der Waals surface area contributed by atoms with Crippen LogP contribution in [0.4, 0.5) is 4.39 Å². The zero-order valence-electron chi connectivity index (χ0n) is 19.3. The van der Waals surface area contributed by atoms with Gasteiger partial charge in [0.25, 0.3) is 0 Å². The van der Waals surface area contributed by atoms with Gasteiger partial charge in [0.2, 0.25) is 11.8 Å². The summed E-state index contributed by atoms with van der Waals surface area (Å²) in [5.41, 5.74) is 1.33. The minimum Gasteiger partial charge on any atom is -0.492 e. The van der Waals surface area contributed by atoms with Crippen LogP contribution in [0.15, 0.2) is 48.5 Å². The molecular formula is C26H33FN2O3. The first kappa shape index (κ1) is 23.8. The van der Waals surface area contributed by atoms with Gasteiger partial charge in [-0.2, -0.15) is 0 Å². The minimum absolute atomic E-state index is 0.0537. The summed E-state index contributed by atoms with van der Waals surface area (Å²) in [5.74, 6) is 0.543. The quantitative estimate of drug-likeness (QED) is 0.709. The molecule has 1 aliphatic rings. The number of hydrogen-bond acceptors (Lipinski definition) is 3. The van der Waals surface area contributed by atoms with Gasteiger partial charge in [-0.15, -0.1) is 0 Å². The van der Waals surface area contributed by atoms with Crippen molar-refractivity contribution in [3.8, 4) is 5.75 Å². The van der Waals surface area contributed by atoms with Crippen LogP contribution in [0.25, 0.3) is 0 Å². The highest BCUT2D eigenvalue weighted by molar-refractivity contribution is 5.82. The van der Waals surface area contributed by atoms with Crippen molar-refractivity contribution in [1.82, 2.24) is 9.80 Å². The van der Waals surface area contributed by atoms with Gasteiger partial charge in [0, 0.05) is 33.1 Å². The molecule has 0 radical (unpaired) electrons. The van der Waals surface area contributed by atoms with Crippen LogP contribution in [-0.4, -0.2) is 48.4 Å². The third-order valence-corrected chi connectivity index (χ3v) is 5.86. The number of nitrogens with zero attached hydrogens (tertiary/aromatic N) is 2. The van der Waals surface area contributed by atoms with E-state index in [0.717, 1.165) is 24.0 Å². The van der Waals surface area contributed by atoms with Crippen LogP contribution in [0.1, 0.15) is 44.2 Å². The smallest absolute Gasteiger partial charge is 0.231 e. The molecule has 5 nitrogen and oxygen atoms in total. The molecule has 0 fully saturated rings. The van der Waals surface area contributed by atoms with E-state index in [1.54, 1.807) is 17.0 Å². The first-order valence-electron chi connectivity index (χ1n) is 11.2. The number of carbonyl (C=O) groups is 2. The highest BCUT2D eigenvalue weighted by Crippen LogP contribution is 2.23. The Morgan fingerprint density at radius 1 is 1.09 bits per heavy atom. The molecule has 0 saturated carbocycles. The number of halogens is 1. The Kier molecular flexibility index (Phi) is 7.89. The summed E-state index contributed by atoms with van der Waals surface area (Å²) in [6.07, 6.45) is 2.58. The summed E-state index contributed by atoms with van der Waals surface area (Å²) in [4.78, 5) is 29.5. The number of hydrogen-bond donors (Lipinski definition) is 0. The second-order valence-corrected chi connectivity index (χ2v) is 9.20. The normalized spacial score (nSPS) is 17.4. The first-order valence-corrected chi connectivity index (χ1v) is 11.2. The van der Waals surface area contributed by atoms with Crippen molar-refractivity contribution in [2.75, 3.05) is 26.7 Å². The Balaban J connectivity index is 1.73. The Morgan fingerprint density at radius 3 is 2.56 bits per heavy atom. The number of fused-ring (bicyclic) bond motifs is 2. The fourth-order valence-corrected chi connectivity index (χ4v) is 3.90. The molecule has 1 aliphatic heterocycles. The van der Waals surface area contributed by atoms with Crippen molar-refractivity contribution < 1.29 is 18.7 Å². The summed E-state index contributed by atoms with van der Waals surface area (Å²) < 4.78 is 19.1. The molecule has 2 bridgehead atoms. The number of benzene rings is 2.